The van der Waals surface area contributed by atoms with Crippen LogP contribution >= 0.6 is 0 Å². The second kappa shape index (κ2) is 15.6. The van der Waals surface area contributed by atoms with Gasteiger partial charge in [-0.05, 0) is 12.8 Å². The molecule has 0 aromatic rings. The van der Waals surface area contributed by atoms with Gasteiger partial charge in [0.2, 0.25) is 0 Å². The smallest absolute Gasteiger partial charge is 0.0843 e. The molecule has 1 aliphatic carbocycles. The molecule has 16 heavy (non-hydrogen) atoms. The van der Waals surface area contributed by atoms with Gasteiger partial charge < -0.3 is 27.0 Å². The molecule has 2 aliphatic rings. The average Bonchev–Trinajstić information content (AvgIpc) is 3.14. The summed E-state index contributed by atoms with van der Waals surface area (Å²) in [5, 5.41) is 21.0. The molecular formula is C11H25O4Ti-. The Balaban J connectivity index is -0.000000214. The Labute approximate surface area is 114 Å². The molecule has 3 N–H and O–H groups in total. The van der Waals surface area contributed by atoms with E-state index in [9.17, 15) is 0 Å². The van der Waals surface area contributed by atoms with Crippen LogP contribution in [-0.2, 0) is 26.5 Å². The molecule has 0 amide bonds. The standard InChI is InChI=1S/C8H13O.3CH4O.Ti/c1-2-6-3-4-7-8(5-6)9-7;3*1-2;/h6-8H,1-5H2;3*2H,1H3;/q-1;;;;. The van der Waals surface area contributed by atoms with Crippen molar-refractivity contribution in [2.75, 3.05) is 21.3 Å². The summed E-state index contributed by atoms with van der Waals surface area (Å²) in [7, 11) is 3.00. The van der Waals surface area contributed by atoms with Crippen molar-refractivity contribution in [1.82, 2.24) is 0 Å². The molecule has 2 fully saturated rings. The van der Waals surface area contributed by atoms with Gasteiger partial charge in [0.05, 0.1) is 12.2 Å². The van der Waals surface area contributed by atoms with Crippen LogP contribution in [0.25, 0.3) is 0 Å². The zero-order valence-electron chi connectivity index (χ0n) is 10.5. The topological polar surface area (TPSA) is 73.2 Å². The van der Waals surface area contributed by atoms with E-state index < -0.39 is 0 Å². The third-order valence-electron chi connectivity index (χ3n) is 2.52. The summed E-state index contributed by atoms with van der Waals surface area (Å²) in [5.41, 5.74) is 0. The molecule has 0 aromatic carbocycles. The van der Waals surface area contributed by atoms with Gasteiger partial charge in [0.15, 0.2) is 0 Å². The second-order valence-corrected chi connectivity index (χ2v) is 3.18. The Morgan fingerprint density at radius 2 is 1.50 bits per heavy atom. The normalized spacial score (nSPS) is 28.3. The molecule has 0 aromatic heterocycles. The predicted molar refractivity (Wildman–Crippen MR) is 60.4 cm³/mol. The fourth-order valence-electron chi connectivity index (χ4n) is 1.75. The van der Waals surface area contributed by atoms with E-state index in [-0.39, 0.29) is 21.7 Å². The van der Waals surface area contributed by atoms with Gasteiger partial charge in [-0.25, -0.2) is 0 Å². The molecule has 5 heteroatoms. The van der Waals surface area contributed by atoms with E-state index in [2.05, 4.69) is 6.92 Å². The minimum Gasteiger partial charge on any atom is -0.400 e. The third-order valence-corrected chi connectivity index (χ3v) is 2.52. The van der Waals surface area contributed by atoms with Crippen LogP contribution in [0.5, 0.6) is 0 Å². The van der Waals surface area contributed by atoms with Crippen LogP contribution in [0.4, 0.5) is 0 Å². The number of hydrogen-bond donors (Lipinski definition) is 3. The molecule has 3 atom stereocenters. The number of fused-ring (bicyclic) bond motifs is 1. The first-order valence-corrected chi connectivity index (χ1v) is 5.19. The van der Waals surface area contributed by atoms with E-state index in [1.165, 1.54) is 19.3 Å². The second-order valence-electron chi connectivity index (χ2n) is 3.18. The molecule has 1 heterocycles. The summed E-state index contributed by atoms with van der Waals surface area (Å²) >= 11 is 0. The first-order valence-electron chi connectivity index (χ1n) is 5.19. The van der Waals surface area contributed by atoms with Crippen LogP contribution in [0.2, 0.25) is 0 Å². The van der Waals surface area contributed by atoms with Crippen molar-refractivity contribution in [1.29, 1.82) is 0 Å². The first-order chi connectivity index (χ1) is 7.40. The van der Waals surface area contributed by atoms with Gasteiger partial charge in [0.1, 0.15) is 0 Å². The summed E-state index contributed by atoms with van der Waals surface area (Å²) in [5.74, 6) is 0.869. The Kier molecular flexibility index (Phi) is 21.2. The quantitative estimate of drug-likeness (QED) is 0.370. The van der Waals surface area contributed by atoms with Crippen molar-refractivity contribution in [2.24, 2.45) is 5.92 Å². The summed E-state index contributed by atoms with van der Waals surface area (Å²) in [6.45, 7) is 3.91. The largest absolute Gasteiger partial charge is 0.400 e. The van der Waals surface area contributed by atoms with Gasteiger partial charge in [0, 0.05) is 43.0 Å². The van der Waals surface area contributed by atoms with Crippen molar-refractivity contribution in [3.63, 3.8) is 0 Å². The van der Waals surface area contributed by atoms with E-state index in [4.69, 9.17) is 20.1 Å². The Morgan fingerprint density at radius 3 is 1.88 bits per heavy atom. The van der Waals surface area contributed by atoms with E-state index in [0.717, 1.165) is 33.7 Å². The Hall–Kier alpha value is 0.554. The number of hydrogen-bond acceptors (Lipinski definition) is 4. The van der Waals surface area contributed by atoms with Crippen LogP contribution in [0.3, 0.4) is 0 Å². The summed E-state index contributed by atoms with van der Waals surface area (Å²) < 4.78 is 5.38. The maximum Gasteiger partial charge on any atom is 0.0843 e. The zero-order chi connectivity index (χ0) is 12.3. The first kappa shape index (κ1) is 21.8. The molecule has 2 rings (SSSR count). The van der Waals surface area contributed by atoms with Gasteiger partial charge in [-0.1, -0.05) is 12.3 Å². The SMILES string of the molecule is CO.CO.CO.[CH2-]CC1CCC2OC2C1.[Ti]. The predicted octanol–water partition coefficient (Wildman–Crippen LogP) is 0.601. The monoisotopic (exact) mass is 269 g/mol. The fourth-order valence-corrected chi connectivity index (χ4v) is 1.75. The minimum atomic E-state index is 0. The van der Waals surface area contributed by atoms with Crippen LogP contribution in [0, 0.1) is 12.8 Å². The van der Waals surface area contributed by atoms with Crippen molar-refractivity contribution < 1.29 is 41.8 Å². The molecule has 1 saturated carbocycles. The molecule has 4 nitrogen and oxygen atoms in total. The van der Waals surface area contributed by atoms with E-state index in [1.807, 2.05) is 0 Å². The summed E-state index contributed by atoms with van der Waals surface area (Å²) in [4.78, 5) is 0. The van der Waals surface area contributed by atoms with Crippen LogP contribution in [0.1, 0.15) is 25.7 Å². The fraction of sp³-hybridized carbons (Fsp3) is 0.909. The van der Waals surface area contributed by atoms with Crippen molar-refractivity contribution in [3.8, 4) is 0 Å². The van der Waals surface area contributed by atoms with Gasteiger partial charge in [-0.3, -0.25) is 0 Å². The van der Waals surface area contributed by atoms with Gasteiger partial charge in [-0.2, -0.15) is 6.42 Å². The number of epoxide rings is 1. The maximum absolute atomic E-state index is 7.00. The van der Waals surface area contributed by atoms with E-state index >= 15 is 0 Å². The van der Waals surface area contributed by atoms with Crippen molar-refractivity contribution in [2.45, 2.75) is 37.9 Å². The number of aliphatic hydroxyl groups excluding tert-OH is 3. The zero-order valence-corrected chi connectivity index (χ0v) is 12.1. The molecule has 0 bridgehead atoms. The molecule has 1 saturated heterocycles. The van der Waals surface area contributed by atoms with Crippen LogP contribution in [-0.4, -0.2) is 48.9 Å². The van der Waals surface area contributed by atoms with E-state index in [0.29, 0.717) is 12.2 Å². The molecule has 0 radical (unpaired) electrons. The van der Waals surface area contributed by atoms with Gasteiger partial charge >= 0.3 is 0 Å². The average molecular weight is 269 g/mol. The Bertz CT molecular complexity index is 125. The molecular weight excluding hydrogens is 244 g/mol. The number of rotatable bonds is 1. The minimum absolute atomic E-state index is 0. The molecule has 1 aliphatic heterocycles. The molecule has 0 spiro atoms. The Morgan fingerprint density at radius 1 is 1.00 bits per heavy atom. The number of aliphatic hydroxyl groups is 3. The van der Waals surface area contributed by atoms with Crippen LogP contribution < -0.4 is 0 Å². The third kappa shape index (κ3) is 8.68. The molecule has 3 unspecified atom stereocenters. The summed E-state index contributed by atoms with van der Waals surface area (Å²) in [6, 6.07) is 0. The number of ether oxygens (including phenoxy) is 1. The van der Waals surface area contributed by atoms with Gasteiger partial charge in [0.25, 0.3) is 0 Å². The van der Waals surface area contributed by atoms with Crippen molar-refractivity contribution >= 4 is 0 Å². The van der Waals surface area contributed by atoms with Crippen molar-refractivity contribution in [3.05, 3.63) is 6.92 Å². The summed E-state index contributed by atoms with van der Waals surface area (Å²) in [6.07, 6.45) is 6.34. The van der Waals surface area contributed by atoms with Crippen LogP contribution in [0.15, 0.2) is 0 Å². The maximum atomic E-state index is 7.00. The van der Waals surface area contributed by atoms with Gasteiger partial charge in [-0.15, -0.1) is 0 Å². The molecule has 98 valence electrons. The van der Waals surface area contributed by atoms with E-state index in [1.54, 1.807) is 0 Å².